The molecule has 0 atom stereocenters. The molecule has 1 N–H and O–H groups in total. The third-order valence-electron chi connectivity index (χ3n) is 2.70. The van der Waals surface area contributed by atoms with Gasteiger partial charge in [0, 0.05) is 17.0 Å². The number of nitrogens with one attached hydrogen (secondary N) is 1. The number of hydrazone groups is 1. The Balaban J connectivity index is 2.16. The molecule has 0 fully saturated rings. The number of thiazole rings is 1. The van der Waals surface area contributed by atoms with Gasteiger partial charge in [-0.2, -0.15) is 5.10 Å². The molecular formula is C16H18ClN3O2S. The number of aromatic nitrogens is 1. The molecule has 2 rings (SSSR count). The summed E-state index contributed by atoms with van der Waals surface area (Å²) >= 11 is 7.76. The van der Waals surface area contributed by atoms with Gasteiger partial charge in [0.05, 0.1) is 23.5 Å². The van der Waals surface area contributed by atoms with E-state index in [1.807, 2.05) is 19.2 Å². The SMILES string of the molecule is C=CCOc1cc(Cl)c(C=NNc2nc(C)cs2)cc1OCC. The summed E-state index contributed by atoms with van der Waals surface area (Å²) in [6.07, 6.45) is 3.29. The van der Waals surface area contributed by atoms with Crippen molar-refractivity contribution >= 4 is 34.3 Å². The van der Waals surface area contributed by atoms with E-state index < -0.39 is 0 Å². The van der Waals surface area contributed by atoms with Crippen molar-refractivity contribution in [2.24, 2.45) is 5.10 Å². The van der Waals surface area contributed by atoms with Crippen LogP contribution < -0.4 is 14.9 Å². The minimum Gasteiger partial charge on any atom is -0.490 e. The Morgan fingerprint density at radius 3 is 2.83 bits per heavy atom. The van der Waals surface area contributed by atoms with Crippen molar-refractivity contribution in [3.63, 3.8) is 0 Å². The highest BCUT2D eigenvalue weighted by molar-refractivity contribution is 7.13. The minimum absolute atomic E-state index is 0.384. The molecule has 0 aliphatic heterocycles. The predicted octanol–water partition coefficient (Wildman–Crippen LogP) is 4.51. The van der Waals surface area contributed by atoms with Crippen LogP contribution in [-0.2, 0) is 0 Å². The van der Waals surface area contributed by atoms with Gasteiger partial charge in [-0.25, -0.2) is 4.98 Å². The Hall–Kier alpha value is -2.05. The summed E-state index contributed by atoms with van der Waals surface area (Å²) in [6.45, 7) is 8.38. The summed E-state index contributed by atoms with van der Waals surface area (Å²) in [5.74, 6) is 1.20. The van der Waals surface area contributed by atoms with Crippen LogP contribution >= 0.6 is 22.9 Å². The fourth-order valence-corrected chi connectivity index (χ4v) is 2.58. The van der Waals surface area contributed by atoms with E-state index in [9.17, 15) is 0 Å². The van der Waals surface area contributed by atoms with Gasteiger partial charge in [0.15, 0.2) is 11.5 Å². The van der Waals surface area contributed by atoms with Gasteiger partial charge in [-0.1, -0.05) is 24.3 Å². The first-order chi connectivity index (χ1) is 11.1. The van der Waals surface area contributed by atoms with Crippen molar-refractivity contribution in [2.45, 2.75) is 13.8 Å². The van der Waals surface area contributed by atoms with Crippen LogP contribution in [0.2, 0.25) is 5.02 Å². The number of aryl methyl sites for hydroxylation is 1. The van der Waals surface area contributed by atoms with Crippen molar-refractivity contribution in [1.82, 2.24) is 4.98 Å². The molecular weight excluding hydrogens is 334 g/mol. The van der Waals surface area contributed by atoms with Crippen LogP contribution in [0.25, 0.3) is 0 Å². The number of nitrogens with zero attached hydrogens (tertiary/aromatic N) is 2. The van der Waals surface area contributed by atoms with Crippen LogP contribution in [0, 0.1) is 6.92 Å². The second-order valence-electron chi connectivity index (χ2n) is 4.52. The first kappa shape index (κ1) is 17.3. The van der Waals surface area contributed by atoms with Crippen LogP contribution in [0.4, 0.5) is 5.13 Å². The Kier molecular flexibility index (Phi) is 6.43. The topological polar surface area (TPSA) is 55.7 Å². The second-order valence-corrected chi connectivity index (χ2v) is 5.78. The lowest BCUT2D eigenvalue weighted by atomic mass is 10.2. The molecule has 0 radical (unpaired) electrons. The maximum absolute atomic E-state index is 6.27. The van der Waals surface area contributed by atoms with Crippen molar-refractivity contribution in [3.05, 3.63) is 46.4 Å². The molecule has 0 aliphatic carbocycles. The highest BCUT2D eigenvalue weighted by Crippen LogP contribution is 2.33. The van der Waals surface area contributed by atoms with E-state index >= 15 is 0 Å². The molecule has 0 saturated carbocycles. The largest absolute Gasteiger partial charge is 0.490 e. The fourth-order valence-electron chi connectivity index (χ4n) is 1.74. The molecule has 0 saturated heterocycles. The smallest absolute Gasteiger partial charge is 0.203 e. The van der Waals surface area contributed by atoms with Gasteiger partial charge in [-0.15, -0.1) is 11.3 Å². The summed E-state index contributed by atoms with van der Waals surface area (Å²) in [6, 6.07) is 3.51. The summed E-state index contributed by atoms with van der Waals surface area (Å²) in [5.41, 5.74) is 4.55. The molecule has 7 heteroatoms. The number of rotatable bonds is 8. The van der Waals surface area contributed by atoms with Crippen LogP contribution in [0.15, 0.2) is 35.3 Å². The van der Waals surface area contributed by atoms with E-state index in [-0.39, 0.29) is 0 Å². The zero-order valence-corrected chi connectivity index (χ0v) is 14.6. The Bertz CT molecular complexity index is 701. The number of hydrogen-bond donors (Lipinski definition) is 1. The summed E-state index contributed by atoms with van der Waals surface area (Å²) in [7, 11) is 0. The molecule has 2 aromatic rings. The third kappa shape index (κ3) is 4.97. The van der Waals surface area contributed by atoms with Gasteiger partial charge in [-0.3, -0.25) is 5.43 Å². The molecule has 122 valence electrons. The first-order valence-electron chi connectivity index (χ1n) is 7.05. The second kappa shape index (κ2) is 8.55. The zero-order chi connectivity index (χ0) is 16.7. The number of benzene rings is 1. The minimum atomic E-state index is 0.384. The third-order valence-corrected chi connectivity index (χ3v) is 3.89. The van der Waals surface area contributed by atoms with Gasteiger partial charge in [0.25, 0.3) is 0 Å². The standard InChI is InChI=1S/C16H18ClN3O2S/c1-4-6-22-15-8-13(17)12(7-14(15)21-5-2)9-18-20-16-19-11(3)10-23-16/h4,7-10H,1,5-6H2,2-3H3,(H,19,20). The monoisotopic (exact) mass is 351 g/mol. The molecule has 0 unspecified atom stereocenters. The van der Waals surface area contributed by atoms with Gasteiger partial charge in [0.1, 0.15) is 6.61 Å². The molecule has 1 heterocycles. The van der Waals surface area contributed by atoms with Crippen molar-refractivity contribution < 1.29 is 9.47 Å². The molecule has 0 aliphatic rings. The molecule has 0 bridgehead atoms. The maximum atomic E-state index is 6.27. The summed E-state index contributed by atoms with van der Waals surface area (Å²) in [5, 5.41) is 7.35. The molecule has 23 heavy (non-hydrogen) atoms. The molecule has 5 nitrogen and oxygen atoms in total. The lowest BCUT2D eigenvalue weighted by Crippen LogP contribution is -2.00. The van der Waals surface area contributed by atoms with Gasteiger partial charge in [-0.05, 0) is 19.9 Å². The average Bonchev–Trinajstić information content (AvgIpc) is 2.94. The number of halogens is 1. The van der Waals surface area contributed by atoms with Crippen molar-refractivity contribution in [3.8, 4) is 11.5 Å². The van der Waals surface area contributed by atoms with Gasteiger partial charge in [0.2, 0.25) is 5.13 Å². The highest BCUT2D eigenvalue weighted by Gasteiger charge is 2.10. The maximum Gasteiger partial charge on any atom is 0.203 e. The Morgan fingerprint density at radius 1 is 1.39 bits per heavy atom. The molecule has 0 amide bonds. The lowest BCUT2D eigenvalue weighted by molar-refractivity contribution is 0.297. The summed E-state index contributed by atoms with van der Waals surface area (Å²) in [4.78, 5) is 4.27. The molecule has 1 aromatic carbocycles. The fraction of sp³-hybridized carbons (Fsp3) is 0.250. The quantitative estimate of drug-likeness (QED) is 0.431. The van der Waals surface area contributed by atoms with E-state index in [1.165, 1.54) is 11.3 Å². The van der Waals surface area contributed by atoms with E-state index in [0.717, 1.165) is 16.4 Å². The zero-order valence-electron chi connectivity index (χ0n) is 13.0. The van der Waals surface area contributed by atoms with E-state index in [1.54, 1.807) is 24.4 Å². The molecule has 1 aromatic heterocycles. The highest BCUT2D eigenvalue weighted by atomic mass is 35.5. The number of hydrogen-bond acceptors (Lipinski definition) is 6. The van der Waals surface area contributed by atoms with E-state index in [4.69, 9.17) is 21.1 Å². The van der Waals surface area contributed by atoms with Gasteiger partial charge >= 0.3 is 0 Å². The van der Waals surface area contributed by atoms with Crippen LogP contribution in [-0.4, -0.2) is 24.4 Å². The number of ether oxygens (including phenoxy) is 2. The van der Waals surface area contributed by atoms with E-state index in [0.29, 0.717) is 29.7 Å². The van der Waals surface area contributed by atoms with Crippen LogP contribution in [0.1, 0.15) is 18.2 Å². The van der Waals surface area contributed by atoms with Gasteiger partial charge < -0.3 is 9.47 Å². The van der Waals surface area contributed by atoms with Crippen LogP contribution in [0.3, 0.4) is 0 Å². The van der Waals surface area contributed by atoms with Crippen molar-refractivity contribution in [2.75, 3.05) is 18.6 Å². The normalized spacial score (nSPS) is 10.7. The van der Waals surface area contributed by atoms with Crippen molar-refractivity contribution in [1.29, 1.82) is 0 Å². The number of anilines is 1. The predicted molar refractivity (Wildman–Crippen MR) is 96.4 cm³/mol. The molecule has 0 spiro atoms. The Morgan fingerprint density at radius 2 is 2.17 bits per heavy atom. The Labute approximate surface area is 144 Å². The first-order valence-corrected chi connectivity index (χ1v) is 8.31. The average molecular weight is 352 g/mol. The lowest BCUT2D eigenvalue weighted by Gasteiger charge is -2.12. The van der Waals surface area contributed by atoms with Crippen LogP contribution in [0.5, 0.6) is 11.5 Å². The summed E-state index contributed by atoms with van der Waals surface area (Å²) < 4.78 is 11.1. The van der Waals surface area contributed by atoms with E-state index in [2.05, 4.69) is 22.1 Å².